The second-order valence-electron chi connectivity index (χ2n) is 10.1. The maximum absolute atomic E-state index is 12.2. The quantitative estimate of drug-likeness (QED) is 0.198. The normalized spacial score (nSPS) is 14.0. The minimum atomic E-state index is -0.633. The molecule has 9 heteroatoms. The first-order chi connectivity index (χ1) is 20.1. The number of carbonyl (C=O) groups is 1. The van der Waals surface area contributed by atoms with E-state index in [1.807, 2.05) is 65.4 Å². The fraction of sp³-hybridized carbons (Fsp3) is 0.188. The number of amides is 1. The van der Waals surface area contributed by atoms with Crippen LogP contribution in [0.1, 0.15) is 27.2 Å². The zero-order valence-electron chi connectivity index (χ0n) is 22.7. The van der Waals surface area contributed by atoms with Gasteiger partial charge in [0.1, 0.15) is 12.1 Å². The fourth-order valence-corrected chi connectivity index (χ4v) is 4.88. The third kappa shape index (κ3) is 5.85. The highest BCUT2D eigenvalue weighted by Gasteiger charge is 2.16. The summed E-state index contributed by atoms with van der Waals surface area (Å²) in [5.41, 5.74) is 7.98. The maximum Gasteiger partial charge on any atom is 0.276 e. The van der Waals surface area contributed by atoms with E-state index in [9.17, 15) is 4.79 Å². The molecule has 6 rings (SSSR count). The Hall–Kier alpha value is -4.88. The summed E-state index contributed by atoms with van der Waals surface area (Å²) in [6, 6.07) is 21.3. The van der Waals surface area contributed by atoms with E-state index < -0.39 is 5.91 Å². The molecule has 1 amide bonds. The Bertz CT molecular complexity index is 1740. The van der Waals surface area contributed by atoms with E-state index in [1.54, 1.807) is 17.9 Å². The van der Waals surface area contributed by atoms with Crippen LogP contribution in [-0.4, -0.2) is 73.7 Å². The molecule has 0 bridgehead atoms. The average molecular weight is 544 g/mol. The largest absolute Gasteiger partial charge is 0.304 e. The van der Waals surface area contributed by atoms with Crippen molar-refractivity contribution in [3.63, 3.8) is 0 Å². The lowest BCUT2D eigenvalue weighted by Gasteiger charge is -2.32. The Morgan fingerprint density at radius 1 is 0.902 bits per heavy atom. The van der Waals surface area contributed by atoms with Crippen molar-refractivity contribution in [1.29, 1.82) is 0 Å². The van der Waals surface area contributed by atoms with Crippen molar-refractivity contribution in [2.24, 2.45) is 0 Å². The number of likely N-dealkylation sites (N-methyl/N-ethyl adjacent to an activating group) is 1. The predicted molar refractivity (Wildman–Crippen MR) is 157 cm³/mol. The molecule has 204 valence electrons. The molecule has 1 aliphatic heterocycles. The van der Waals surface area contributed by atoms with Crippen LogP contribution in [0, 0.1) is 11.8 Å². The summed E-state index contributed by atoms with van der Waals surface area (Å²) in [5, 5.41) is 9.17. The van der Waals surface area contributed by atoms with E-state index in [2.05, 4.69) is 49.7 Å². The number of para-hydroxylation sites is 2. The first-order valence-corrected chi connectivity index (χ1v) is 13.4. The Labute approximate surface area is 238 Å². The molecule has 1 aliphatic rings. The van der Waals surface area contributed by atoms with Crippen molar-refractivity contribution < 1.29 is 10.0 Å². The number of hydroxylamine groups is 1. The number of nitrogens with one attached hydrogen (secondary N) is 1. The summed E-state index contributed by atoms with van der Waals surface area (Å²) in [6.07, 6.45) is 4.98. The minimum absolute atomic E-state index is 0.239. The summed E-state index contributed by atoms with van der Waals surface area (Å²) < 4.78 is 1.89. The summed E-state index contributed by atoms with van der Waals surface area (Å²) >= 11 is 0. The molecule has 0 spiro atoms. The zero-order chi connectivity index (χ0) is 28.2. The molecule has 0 atom stereocenters. The van der Waals surface area contributed by atoms with Crippen molar-refractivity contribution >= 4 is 16.9 Å². The van der Waals surface area contributed by atoms with Gasteiger partial charge in [0.25, 0.3) is 5.91 Å². The molecule has 3 aromatic heterocycles. The number of pyridine rings is 2. The van der Waals surface area contributed by atoms with Crippen LogP contribution in [0.3, 0.4) is 0 Å². The van der Waals surface area contributed by atoms with Gasteiger partial charge in [0.2, 0.25) is 0 Å². The molecular formula is C32H29N7O2. The van der Waals surface area contributed by atoms with E-state index in [0.29, 0.717) is 11.4 Å². The van der Waals surface area contributed by atoms with E-state index in [4.69, 9.17) is 5.21 Å². The number of carbonyl (C=O) groups excluding carboxylic acids is 1. The summed E-state index contributed by atoms with van der Waals surface area (Å²) in [4.78, 5) is 30.6. The summed E-state index contributed by atoms with van der Waals surface area (Å²) in [7, 11) is 2.16. The van der Waals surface area contributed by atoms with Crippen LogP contribution in [0.2, 0.25) is 0 Å². The van der Waals surface area contributed by atoms with Crippen LogP contribution in [0.4, 0.5) is 0 Å². The van der Waals surface area contributed by atoms with Crippen LogP contribution in [-0.2, 0) is 6.54 Å². The first kappa shape index (κ1) is 26.3. The van der Waals surface area contributed by atoms with Gasteiger partial charge < -0.3 is 4.90 Å². The van der Waals surface area contributed by atoms with E-state index >= 15 is 0 Å². The van der Waals surface area contributed by atoms with Gasteiger partial charge in [0, 0.05) is 61.8 Å². The molecule has 1 fully saturated rings. The molecule has 2 aromatic carbocycles. The van der Waals surface area contributed by atoms with Gasteiger partial charge in [0.05, 0.1) is 22.3 Å². The van der Waals surface area contributed by atoms with Gasteiger partial charge in [-0.05, 0) is 55.1 Å². The van der Waals surface area contributed by atoms with Gasteiger partial charge in [-0.3, -0.25) is 24.5 Å². The van der Waals surface area contributed by atoms with Crippen molar-refractivity contribution in [3.05, 3.63) is 108 Å². The maximum atomic E-state index is 12.2. The third-order valence-corrected chi connectivity index (χ3v) is 7.27. The van der Waals surface area contributed by atoms with Gasteiger partial charge >= 0.3 is 0 Å². The third-order valence-electron chi connectivity index (χ3n) is 7.27. The molecule has 0 saturated carbocycles. The smallest absolute Gasteiger partial charge is 0.276 e. The van der Waals surface area contributed by atoms with Gasteiger partial charge in [-0.25, -0.2) is 15.4 Å². The molecule has 2 N–H and O–H groups in total. The molecule has 0 aliphatic carbocycles. The Morgan fingerprint density at radius 3 is 2.41 bits per heavy atom. The fourth-order valence-electron chi connectivity index (χ4n) is 4.88. The van der Waals surface area contributed by atoms with Gasteiger partial charge in [0.15, 0.2) is 0 Å². The topological polar surface area (TPSA) is 99.4 Å². The number of nitrogens with zero attached hydrogens (tertiary/aromatic N) is 6. The standard InChI is InChI=1S/C32H29N7O2/c1-37-14-16-38(17-15-37)21-27-13-10-24(19-33-27)7-6-23-8-11-25(12-9-23)28-18-26(32(40)36-41)20-34-31(28)39-22-35-29-4-2-3-5-30(29)39/h2-5,8-13,18-20,22,41H,14-17,21H2,1H3,(H,36,40). The zero-order valence-corrected chi connectivity index (χ0v) is 22.7. The number of hydrogen-bond donors (Lipinski definition) is 2. The van der Waals surface area contributed by atoms with Crippen molar-refractivity contribution in [2.75, 3.05) is 33.2 Å². The first-order valence-electron chi connectivity index (χ1n) is 13.4. The number of piperazine rings is 1. The minimum Gasteiger partial charge on any atom is -0.304 e. The number of imidazole rings is 1. The van der Waals surface area contributed by atoms with Crippen molar-refractivity contribution in [3.8, 4) is 28.8 Å². The Balaban J connectivity index is 1.24. The van der Waals surface area contributed by atoms with Gasteiger partial charge in [-0.1, -0.05) is 36.1 Å². The second kappa shape index (κ2) is 11.7. The number of hydrogen-bond acceptors (Lipinski definition) is 7. The van der Waals surface area contributed by atoms with Crippen LogP contribution in [0.15, 0.2) is 85.5 Å². The molecule has 0 unspecified atom stereocenters. The van der Waals surface area contributed by atoms with Gasteiger partial charge in [-0.15, -0.1) is 0 Å². The lowest BCUT2D eigenvalue weighted by atomic mass is 10.0. The van der Waals surface area contributed by atoms with Crippen LogP contribution in [0.5, 0.6) is 0 Å². The molecule has 9 nitrogen and oxygen atoms in total. The molecule has 5 aromatic rings. The Morgan fingerprint density at radius 2 is 1.66 bits per heavy atom. The lowest BCUT2D eigenvalue weighted by molar-refractivity contribution is 0.0706. The average Bonchev–Trinajstić information content (AvgIpc) is 3.45. The SMILES string of the molecule is CN1CCN(Cc2ccc(C#Cc3ccc(-c4cc(C(=O)NO)cnc4-n4cnc5ccccc54)cc3)cn2)CC1. The summed E-state index contributed by atoms with van der Waals surface area (Å²) in [5.74, 6) is 6.41. The molecular weight excluding hydrogens is 514 g/mol. The number of aromatic nitrogens is 4. The van der Waals surface area contributed by atoms with E-state index in [1.165, 1.54) is 6.20 Å². The molecule has 41 heavy (non-hydrogen) atoms. The summed E-state index contributed by atoms with van der Waals surface area (Å²) in [6.45, 7) is 5.15. The van der Waals surface area contributed by atoms with Crippen molar-refractivity contribution in [1.82, 2.24) is 34.8 Å². The number of rotatable bonds is 5. The highest BCUT2D eigenvalue weighted by atomic mass is 16.5. The molecule has 4 heterocycles. The monoisotopic (exact) mass is 543 g/mol. The van der Waals surface area contributed by atoms with E-state index in [0.717, 1.165) is 66.1 Å². The predicted octanol–water partition coefficient (Wildman–Crippen LogP) is 3.75. The van der Waals surface area contributed by atoms with E-state index in [-0.39, 0.29) is 5.56 Å². The van der Waals surface area contributed by atoms with Crippen LogP contribution < -0.4 is 5.48 Å². The Kier molecular flexibility index (Phi) is 7.52. The van der Waals surface area contributed by atoms with Crippen LogP contribution >= 0.6 is 0 Å². The molecule has 0 radical (unpaired) electrons. The number of benzene rings is 2. The highest BCUT2D eigenvalue weighted by Crippen LogP contribution is 2.29. The van der Waals surface area contributed by atoms with Crippen LogP contribution in [0.25, 0.3) is 28.0 Å². The van der Waals surface area contributed by atoms with Crippen molar-refractivity contribution in [2.45, 2.75) is 6.54 Å². The second-order valence-corrected chi connectivity index (χ2v) is 10.1. The number of fused-ring (bicyclic) bond motifs is 1. The van der Waals surface area contributed by atoms with Gasteiger partial charge in [-0.2, -0.15) is 0 Å². The highest BCUT2D eigenvalue weighted by molar-refractivity contribution is 5.95. The lowest BCUT2D eigenvalue weighted by Crippen LogP contribution is -2.43. The molecule has 1 saturated heterocycles.